The van der Waals surface area contributed by atoms with E-state index in [-0.39, 0.29) is 10.5 Å². The first kappa shape index (κ1) is 20.7. The minimum atomic E-state index is -3.64. The average molecular weight is 414 g/mol. The Morgan fingerprint density at radius 3 is 2.48 bits per heavy atom. The van der Waals surface area contributed by atoms with Crippen LogP contribution in [0.25, 0.3) is 11.4 Å². The van der Waals surface area contributed by atoms with E-state index in [0.29, 0.717) is 30.4 Å². The lowest BCUT2D eigenvalue weighted by Crippen LogP contribution is -2.30. The molecule has 0 spiro atoms. The third-order valence-corrected chi connectivity index (χ3v) is 6.46. The molecule has 0 bridgehead atoms. The van der Waals surface area contributed by atoms with E-state index in [1.807, 2.05) is 6.07 Å². The number of aromatic amines is 1. The zero-order chi connectivity index (χ0) is 21.0. The number of benzene rings is 2. The largest absolute Gasteiger partial charge is 0.322 e. The number of aryl methyl sites for hydroxylation is 1. The van der Waals surface area contributed by atoms with Crippen LogP contribution in [0.4, 0.5) is 5.69 Å². The number of hydrogen-bond acceptors (Lipinski definition) is 5. The van der Waals surface area contributed by atoms with Crippen molar-refractivity contribution in [3.05, 3.63) is 59.9 Å². The summed E-state index contributed by atoms with van der Waals surface area (Å²) in [4.78, 5) is 17.1. The van der Waals surface area contributed by atoms with Crippen LogP contribution in [-0.4, -0.2) is 46.9 Å². The minimum Gasteiger partial charge on any atom is -0.322 e. The van der Waals surface area contributed by atoms with Gasteiger partial charge in [-0.2, -0.15) is 9.40 Å². The molecule has 29 heavy (non-hydrogen) atoms. The number of nitrogens with one attached hydrogen (secondary N) is 2. The van der Waals surface area contributed by atoms with Crippen LogP contribution in [0.5, 0.6) is 0 Å². The molecule has 0 saturated carbocycles. The number of nitrogens with zero attached hydrogens (tertiary/aromatic N) is 3. The van der Waals surface area contributed by atoms with Gasteiger partial charge in [-0.15, -0.1) is 0 Å². The molecule has 152 valence electrons. The molecule has 0 aliphatic heterocycles. The number of anilines is 1. The molecular weight excluding hydrogens is 390 g/mol. The van der Waals surface area contributed by atoms with Crippen LogP contribution in [0, 0.1) is 6.92 Å². The molecular formula is C20H23N5O3S. The Kier molecular flexibility index (Phi) is 6.09. The first-order valence-corrected chi connectivity index (χ1v) is 10.7. The molecule has 2 N–H and O–H groups in total. The summed E-state index contributed by atoms with van der Waals surface area (Å²) in [5.41, 5.74) is 1.58. The van der Waals surface area contributed by atoms with E-state index < -0.39 is 15.9 Å². The van der Waals surface area contributed by atoms with Crippen LogP contribution >= 0.6 is 0 Å². The zero-order valence-electron chi connectivity index (χ0n) is 16.5. The van der Waals surface area contributed by atoms with Gasteiger partial charge in [-0.1, -0.05) is 32.0 Å². The molecule has 0 atom stereocenters. The molecule has 1 aromatic heterocycles. The van der Waals surface area contributed by atoms with Crippen LogP contribution in [0.3, 0.4) is 0 Å². The van der Waals surface area contributed by atoms with Crippen LogP contribution < -0.4 is 5.32 Å². The van der Waals surface area contributed by atoms with Crippen molar-refractivity contribution < 1.29 is 13.2 Å². The summed E-state index contributed by atoms with van der Waals surface area (Å²) in [5, 5.41) is 9.70. The van der Waals surface area contributed by atoms with Gasteiger partial charge in [0.15, 0.2) is 5.82 Å². The van der Waals surface area contributed by atoms with Gasteiger partial charge in [0.1, 0.15) is 5.82 Å². The first-order chi connectivity index (χ1) is 13.8. The average Bonchev–Trinajstić information content (AvgIpc) is 3.15. The van der Waals surface area contributed by atoms with Crippen molar-refractivity contribution in [3.63, 3.8) is 0 Å². The van der Waals surface area contributed by atoms with Crippen molar-refractivity contribution in [2.75, 3.05) is 18.4 Å². The summed E-state index contributed by atoms with van der Waals surface area (Å²) in [6.07, 6.45) is 0. The second-order valence-corrected chi connectivity index (χ2v) is 8.33. The normalized spacial score (nSPS) is 11.6. The molecule has 1 heterocycles. The molecule has 0 aliphatic carbocycles. The maximum atomic E-state index is 12.7. The number of H-pyrrole nitrogens is 1. The van der Waals surface area contributed by atoms with E-state index in [0.717, 1.165) is 5.56 Å². The molecule has 9 heteroatoms. The molecule has 0 aliphatic rings. The van der Waals surface area contributed by atoms with Gasteiger partial charge in [-0.05, 0) is 37.3 Å². The highest BCUT2D eigenvalue weighted by Gasteiger charge is 2.22. The summed E-state index contributed by atoms with van der Waals surface area (Å²) in [6.45, 7) is 6.09. The standard InChI is InChI=1S/C20H23N5O3S/c1-4-25(5-2)29(27,28)18-11-7-9-16(13-18)20(26)22-17-10-6-8-15(12-17)19-21-14(3)23-24-19/h6-13H,4-5H2,1-3H3,(H,22,26)(H,21,23,24). The Labute approximate surface area is 170 Å². The van der Waals surface area contributed by atoms with Gasteiger partial charge >= 0.3 is 0 Å². The fourth-order valence-corrected chi connectivity index (χ4v) is 4.43. The second kappa shape index (κ2) is 8.54. The number of sulfonamides is 1. The Hall–Kier alpha value is -3.04. The van der Waals surface area contributed by atoms with Crippen LogP contribution in [0.15, 0.2) is 53.4 Å². The van der Waals surface area contributed by atoms with E-state index in [4.69, 9.17) is 0 Å². The molecule has 0 unspecified atom stereocenters. The van der Waals surface area contributed by atoms with Crippen molar-refractivity contribution in [1.29, 1.82) is 0 Å². The molecule has 8 nitrogen and oxygen atoms in total. The number of carbonyl (C=O) groups excluding carboxylic acids is 1. The summed E-state index contributed by atoms with van der Waals surface area (Å²) < 4.78 is 26.8. The van der Waals surface area contributed by atoms with Crippen molar-refractivity contribution >= 4 is 21.6 Å². The van der Waals surface area contributed by atoms with Crippen LogP contribution in [-0.2, 0) is 10.0 Å². The van der Waals surface area contributed by atoms with Crippen LogP contribution in [0.1, 0.15) is 30.0 Å². The van der Waals surface area contributed by atoms with Crippen molar-refractivity contribution in [2.45, 2.75) is 25.7 Å². The van der Waals surface area contributed by atoms with Gasteiger partial charge in [0.25, 0.3) is 5.91 Å². The molecule has 0 fully saturated rings. The number of rotatable bonds is 7. The lowest BCUT2D eigenvalue weighted by Gasteiger charge is -2.18. The predicted octanol–water partition coefficient (Wildman–Crippen LogP) is 3.06. The monoisotopic (exact) mass is 413 g/mol. The molecule has 3 rings (SSSR count). The Bertz CT molecular complexity index is 1120. The molecule has 0 radical (unpaired) electrons. The fraction of sp³-hybridized carbons (Fsp3) is 0.250. The third-order valence-electron chi connectivity index (χ3n) is 4.42. The molecule has 0 saturated heterocycles. The Morgan fingerprint density at radius 1 is 1.10 bits per heavy atom. The van der Waals surface area contributed by atoms with Gasteiger partial charge in [-0.3, -0.25) is 9.89 Å². The van der Waals surface area contributed by atoms with Gasteiger partial charge in [-0.25, -0.2) is 13.4 Å². The highest BCUT2D eigenvalue weighted by Crippen LogP contribution is 2.21. The summed E-state index contributed by atoms with van der Waals surface area (Å²) in [5.74, 6) is 0.830. The smallest absolute Gasteiger partial charge is 0.255 e. The summed E-state index contributed by atoms with van der Waals surface area (Å²) >= 11 is 0. The Morgan fingerprint density at radius 2 is 1.83 bits per heavy atom. The van der Waals surface area contributed by atoms with E-state index in [2.05, 4.69) is 20.5 Å². The molecule has 1 amide bonds. The van der Waals surface area contributed by atoms with Crippen molar-refractivity contribution in [1.82, 2.24) is 19.5 Å². The predicted molar refractivity (Wildman–Crippen MR) is 111 cm³/mol. The van der Waals surface area contributed by atoms with E-state index in [1.165, 1.54) is 16.4 Å². The SMILES string of the molecule is CCN(CC)S(=O)(=O)c1cccc(C(=O)Nc2cccc(-c3n[nH]c(C)n3)c2)c1. The van der Waals surface area contributed by atoms with Crippen LogP contribution in [0.2, 0.25) is 0 Å². The lowest BCUT2D eigenvalue weighted by atomic mass is 10.1. The first-order valence-electron chi connectivity index (χ1n) is 9.26. The van der Waals surface area contributed by atoms with Gasteiger partial charge in [0.2, 0.25) is 10.0 Å². The molecule has 2 aromatic carbocycles. The summed E-state index contributed by atoms with van der Waals surface area (Å²) in [6, 6.07) is 13.2. The topological polar surface area (TPSA) is 108 Å². The molecule has 3 aromatic rings. The number of carbonyl (C=O) groups is 1. The zero-order valence-corrected chi connectivity index (χ0v) is 17.3. The number of aromatic nitrogens is 3. The van der Waals surface area contributed by atoms with Crippen molar-refractivity contribution in [3.8, 4) is 11.4 Å². The Balaban J connectivity index is 1.83. The van der Waals surface area contributed by atoms with E-state index in [1.54, 1.807) is 51.1 Å². The highest BCUT2D eigenvalue weighted by molar-refractivity contribution is 7.89. The van der Waals surface area contributed by atoms with Gasteiger partial charge in [0, 0.05) is 29.9 Å². The minimum absolute atomic E-state index is 0.0961. The number of hydrogen-bond donors (Lipinski definition) is 2. The maximum Gasteiger partial charge on any atom is 0.255 e. The third kappa shape index (κ3) is 4.52. The summed E-state index contributed by atoms with van der Waals surface area (Å²) in [7, 11) is -3.64. The van der Waals surface area contributed by atoms with E-state index >= 15 is 0 Å². The lowest BCUT2D eigenvalue weighted by molar-refractivity contribution is 0.102. The van der Waals surface area contributed by atoms with Crippen molar-refractivity contribution in [2.24, 2.45) is 0 Å². The van der Waals surface area contributed by atoms with Gasteiger partial charge < -0.3 is 5.32 Å². The van der Waals surface area contributed by atoms with E-state index in [9.17, 15) is 13.2 Å². The second-order valence-electron chi connectivity index (χ2n) is 6.40. The highest BCUT2D eigenvalue weighted by atomic mass is 32.2. The quantitative estimate of drug-likeness (QED) is 0.619. The fourth-order valence-electron chi connectivity index (χ4n) is 2.92. The number of amides is 1. The maximum absolute atomic E-state index is 12.7. The van der Waals surface area contributed by atoms with Gasteiger partial charge in [0.05, 0.1) is 4.90 Å².